The summed E-state index contributed by atoms with van der Waals surface area (Å²) in [4.78, 5) is 2.24. The van der Waals surface area contributed by atoms with Gasteiger partial charge in [-0.15, -0.1) is 0 Å². The van der Waals surface area contributed by atoms with Crippen LogP contribution in [0.2, 0.25) is 0 Å². The molecule has 0 saturated carbocycles. The first-order valence-corrected chi connectivity index (χ1v) is 5.12. The van der Waals surface area contributed by atoms with Crippen LogP contribution in [0.15, 0.2) is 0 Å². The smallest absolute Gasteiger partial charge is 0.00244 e. The second kappa shape index (κ2) is 9.01. The molecule has 0 amide bonds. The molecule has 0 aromatic carbocycles. The van der Waals surface area contributed by atoms with Crippen LogP contribution in [0.25, 0.3) is 0 Å². The van der Waals surface area contributed by atoms with Crippen LogP contribution >= 0.6 is 0 Å². The van der Waals surface area contributed by atoms with Crippen molar-refractivity contribution in [3.05, 3.63) is 0 Å². The Kier molecular flexibility index (Phi) is 8.95. The average molecular weight is 172 g/mol. The molecule has 12 heavy (non-hydrogen) atoms. The van der Waals surface area contributed by atoms with Gasteiger partial charge < -0.3 is 10.2 Å². The van der Waals surface area contributed by atoms with Gasteiger partial charge in [-0.05, 0) is 53.0 Å². The molecule has 0 atom stereocenters. The maximum Gasteiger partial charge on any atom is -0.00244 e. The van der Waals surface area contributed by atoms with Crippen molar-refractivity contribution in [2.24, 2.45) is 0 Å². The number of rotatable bonds is 8. The van der Waals surface area contributed by atoms with Crippen LogP contribution in [0.3, 0.4) is 0 Å². The number of hydrogen-bond acceptors (Lipinski definition) is 2. The van der Waals surface area contributed by atoms with Crippen molar-refractivity contribution in [1.29, 1.82) is 0 Å². The van der Waals surface area contributed by atoms with E-state index >= 15 is 0 Å². The van der Waals surface area contributed by atoms with E-state index in [0.29, 0.717) is 0 Å². The van der Waals surface area contributed by atoms with Crippen molar-refractivity contribution in [2.45, 2.75) is 32.6 Å². The van der Waals surface area contributed by atoms with Gasteiger partial charge in [-0.1, -0.05) is 13.3 Å². The summed E-state index contributed by atoms with van der Waals surface area (Å²) in [6, 6.07) is 0. The summed E-state index contributed by atoms with van der Waals surface area (Å²) in [5.74, 6) is 0. The van der Waals surface area contributed by atoms with Gasteiger partial charge in [0.05, 0.1) is 0 Å². The number of nitrogens with zero attached hydrogens (tertiary/aromatic N) is 1. The molecule has 2 heteroatoms. The highest BCUT2D eigenvalue weighted by Crippen LogP contribution is 1.89. The highest BCUT2D eigenvalue weighted by Gasteiger charge is 1.90. The van der Waals surface area contributed by atoms with E-state index in [1.807, 2.05) is 0 Å². The van der Waals surface area contributed by atoms with Crippen molar-refractivity contribution >= 4 is 0 Å². The van der Waals surface area contributed by atoms with Gasteiger partial charge in [0.15, 0.2) is 0 Å². The van der Waals surface area contributed by atoms with E-state index in [-0.39, 0.29) is 0 Å². The lowest BCUT2D eigenvalue weighted by molar-refractivity contribution is 0.391. The molecule has 0 aromatic heterocycles. The Bertz CT molecular complexity index is 81.9. The maximum atomic E-state index is 3.44. The van der Waals surface area contributed by atoms with Crippen molar-refractivity contribution in [1.82, 2.24) is 10.2 Å². The molecule has 0 rings (SSSR count). The summed E-state index contributed by atoms with van der Waals surface area (Å²) in [7, 11) is 4.26. The first kappa shape index (κ1) is 11.9. The summed E-state index contributed by atoms with van der Waals surface area (Å²) in [6.45, 7) is 5.83. The van der Waals surface area contributed by atoms with E-state index in [4.69, 9.17) is 0 Å². The lowest BCUT2D eigenvalue weighted by Gasteiger charge is -2.08. The molecule has 0 aliphatic heterocycles. The molecule has 0 unspecified atom stereocenters. The fraction of sp³-hybridized carbons (Fsp3) is 1.00. The summed E-state index contributed by atoms with van der Waals surface area (Å²) in [6.07, 6.45) is 5.23. The fourth-order valence-corrected chi connectivity index (χ4v) is 1.10. The third-order valence-electron chi connectivity index (χ3n) is 1.92. The topological polar surface area (TPSA) is 15.3 Å². The minimum Gasteiger partial charge on any atom is -0.317 e. The van der Waals surface area contributed by atoms with Gasteiger partial charge in [0, 0.05) is 0 Å². The molecule has 74 valence electrons. The molecule has 0 fully saturated rings. The van der Waals surface area contributed by atoms with Crippen LogP contribution in [0.1, 0.15) is 32.6 Å². The van der Waals surface area contributed by atoms with Crippen molar-refractivity contribution in [3.8, 4) is 0 Å². The van der Waals surface area contributed by atoms with Crippen molar-refractivity contribution in [2.75, 3.05) is 33.7 Å². The summed E-state index contributed by atoms with van der Waals surface area (Å²) in [5, 5.41) is 3.44. The van der Waals surface area contributed by atoms with Gasteiger partial charge in [-0.25, -0.2) is 0 Å². The van der Waals surface area contributed by atoms with Crippen LogP contribution in [0.4, 0.5) is 0 Å². The molecular weight excluding hydrogens is 148 g/mol. The molecule has 0 aliphatic rings. The molecule has 0 heterocycles. The average Bonchev–Trinajstić information content (AvgIpc) is 2.02. The molecule has 0 radical (unpaired) electrons. The van der Waals surface area contributed by atoms with Gasteiger partial charge in [0.25, 0.3) is 0 Å². The van der Waals surface area contributed by atoms with Gasteiger partial charge in [-0.3, -0.25) is 0 Å². The van der Waals surface area contributed by atoms with Crippen molar-refractivity contribution in [3.63, 3.8) is 0 Å². The predicted octanol–water partition coefficient (Wildman–Crippen LogP) is 1.72. The molecule has 0 saturated heterocycles. The predicted molar refractivity (Wildman–Crippen MR) is 55.6 cm³/mol. The normalized spacial score (nSPS) is 11.0. The zero-order chi connectivity index (χ0) is 9.23. The van der Waals surface area contributed by atoms with E-state index in [1.54, 1.807) is 0 Å². The standard InChI is InChI=1S/C10H24N2/c1-4-5-8-11-9-6-7-10-12(2)3/h11H,4-10H2,1-3H3. The Balaban J connectivity index is 2.82. The monoisotopic (exact) mass is 172 g/mol. The number of unbranched alkanes of at least 4 members (excludes halogenated alkanes) is 2. The lowest BCUT2D eigenvalue weighted by atomic mass is 10.3. The highest BCUT2D eigenvalue weighted by atomic mass is 15.0. The van der Waals surface area contributed by atoms with Gasteiger partial charge >= 0.3 is 0 Å². The Labute approximate surface area is 77.3 Å². The Morgan fingerprint density at radius 3 is 2.25 bits per heavy atom. The Morgan fingerprint density at radius 1 is 1.00 bits per heavy atom. The summed E-state index contributed by atoms with van der Waals surface area (Å²) < 4.78 is 0. The molecule has 1 N–H and O–H groups in total. The van der Waals surface area contributed by atoms with E-state index in [2.05, 4.69) is 31.2 Å². The zero-order valence-electron chi connectivity index (χ0n) is 8.90. The Morgan fingerprint density at radius 2 is 1.67 bits per heavy atom. The van der Waals surface area contributed by atoms with E-state index in [1.165, 1.54) is 45.3 Å². The number of nitrogens with one attached hydrogen (secondary N) is 1. The molecule has 2 nitrogen and oxygen atoms in total. The van der Waals surface area contributed by atoms with E-state index in [0.717, 1.165) is 0 Å². The van der Waals surface area contributed by atoms with Crippen molar-refractivity contribution < 1.29 is 0 Å². The van der Waals surface area contributed by atoms with Gasteiger partial charge in [-0.2, -0.15) is 0 Å². The number of hydrogen-bond donors (Lipinski definition) is 1. The molecule has 0 aromatic rings. The molecule has 0 spiro atoms. The van der Waals surface area contributed by atoms with E-state index < -0.39 is 0 Å². The molecule has 0 bridgehead atoms. The molecule has 0 aliphatic carbocycles. The zero-order valence-corrected chi connectivity index (χ0v) is 8.90. The first-order valence-electron chi connectivity index (χ1n) is 5.12. The van der Waals surface area contributed by atoms with Crippen LogP contribution in [0.5, 0.6) is 0 Å². The third-order valence-corrected chi connectivity index (χ3v) is 1.92. The maximum absolute atomic E-state index is 3.44. The van der Waals surface area contributed by atoms with Gasteiger partial charge in [0.1, 0.15) is 0 Å². The summed E-state index contributed by atoms with van der Waals surface area (Å²) >= 11 is 0. The fourth-order valence-electron chi connectivity index (χ4n) is 1.10. The second-order valence-electron chi connectivity index (χ2n) is 3.61. The third kappa shape index (κ3) is 9.92. The SMILES string of the molecule is CCCCNCCCCN(C)C. The van der Waals surface area contributed by atoms with Crippen LogP contribution in [-0.2, 0) is 0 Å². The first-order chi connectivity index (χ1) is 5.77. The highest BCUT2D eigenvalue weighted by molar-refractivity contribution is 4.50. The quantitative estimate of drug-likeness (QED) is 0.561. The van der Waals surface area contributed by atoms with Crippen LogP contribution in [0, 0.1) is 0 Å². The minimum absolute atomic E-state index is 1.19. The van der Waals surface area contributed by atoms with E-state index in [9.17, 15) is 0 Å². The largest absolute Gasteiger partial charge is 0.317 e. The van der Waals surface area contributed by atoms with Gasteiger partial charge in [0.2, 0.25) is 0 Å². The Hall–Kier alpha value is -0.0800. The minimum atomic E-state index is 1.19. The molecular formula is C10H24N2. The van der Waals surface area contributed by atoms with Crippen LogP contribution in [-0.4, -0.2) is 38.6 Å². The summed E-state index contributed by atoms with van der Waals surface area (Å²) in [5.41, 5.74) is 0. The second-order valence-corrected chi connectivity index (χ2v) is 3.61. The van der Waals surface area contributed by atoms with Crippen LogP contribution < -0.4 is 5.32 Å². The lowest BCUT2D eigenvalue weighted by Crippen LogP contribution is -2.19.